The molecule has 7 heteroatoms. The maximum Gasteiger partial charge on any atom is 0.250 e. The normalized spacial score (nSPS) is 22.9. The van der Waals surface area contributed by atoms with E-state index in [4.69, 9.17) is 27.9 Å². The Morgan fingerprint density at radius 3 is 2.85 bits per heavy atom. The van der Waals surface area contributed by atoms with Gasteiger partial charge in [-0.05, 0) is 36.6 Å². The average molecular weight is 409 g/mol. The number of β-amino-alcohol motifs (C(OH)–C–C–N with tert-alkyl or cyclic N) is 1. The van der Waals surface area contributed by atoms with Gasteiger partial charge < -0.3 is 14.4 Å². The SMILES string of the molecule is O=c1cccc2n1C[C@@H]1CC2CN(CC(O)COc2ccc(Cl)cc2Cl)C1. The van der Waals surface area contributed by atoms with Crippen molar-refractivity contribution in [3.8, 4) is 5.75 Å². The minimum absolute atomic E-state index is 0.0870. The van der Waals surface area contributed by atoms with Gasteiger partial charge in [0.15, 0.2) is 0 Å². The quantitative estimate of drug-likeness (QED) is 0.825. The molecule has 0 spiro atoms. The molecule has 0 amide bonds. The molecule has 1 fully saturated rings. The lowest BCUT2D eigenvalue weighted by Gasteiger charge is -2.43. The van der Waals surface area contributed by atoms with Crippen LogP contribution in [0.4, 0.5) is 0 Å². The van der Waals surface area contributed by atoms with Crippen molar-refractivity contribution in [2.24, 2.45) is 5.92 Å². The Balaban J connectivity index is 1.36. The number of pyridine rings is 1. The Bertz CT molecular complexity index is 886. The van der Waals surface area contributed by atoms with Crippen LogP contribution in [0.2, 0.25) is 10.0 Å². The first-order valence-electron chi connectivity index (χ1n) is 9.17. The van der Waals surface area contributed by atoms with E-state index in [0.29, 0.717) is 34.2 Å². The number of aliphatic hydroxyl groups excluding tert-OH is 1. The molecule has 2 aliphatic rings. The van der Waals surface area contributed by atoms with Crippen molar-refractivity contribution in [1.82, 2.24) is 9.47 Å². The van der Waals surface area contributed by atoms with E-state index in [2.05, 4.69) is 4.90 Å². The summed E-state index contributed by atoms with van der Waals surface area (Å²) in [6, 6.07) is 10.6. The molecular weight excluding hydrogens is 387 g/mol. The van der Waals surface area contributed by atoms with Crippen LogP contribution < -0.4 is 10.3 Å². The van der Waals surface area contributed by atoms with Crippen molar-refractivity contribution < 1.29 is 9.84 Å². The molecule has 2 aliphatic heterocycles. The Labute approximate surface area is 168 Å². The monoisotopic (exact) mass is 408 g/mol. The number of ether oxygens (including phenoxy) is 1. The maximum absolute atomic E-state index is 12.1. The highest BCUT2D eigenvalue weighted by Gasteiger charge is 2.34. The number of benzene rings is 1. The van der Waals surface area contributed by atoms with Gasteiger partial charge >= 0.3 is 0 Å². The van der Waals surface area contributed by atoms with Crippen LogP contribution in [0, 0.1) is 5.92 Å². The Kier molecular flexibility index (Phi) is 5.46. The van der Waals surface area contributed by atoms with Crippen LogP contribution in [0.5, 0.6) is 5.75 Å². The molecule has 2 bridgehead atoms. The first-order valence-corrected chi connectivity index (χ1v) is 9.93. The number of aromatic nitrogens is 1. The van der Waals surface area contributed by atoms with E-state index in [1.165, 1.54) is 0 Å². The summed E-state index contributed by atoms with van der Waals surface area (Å²) in [4.78, 5) is 14.4. The van der Waals surface area contributed by atoms with Gasteiger partial charge in [-0.15, -0.1) is 0 Å². The summed E-state index contributed by atoms with van der Waals surface area (Å²) in [7, 11) is 0. The van der Waals surface area contributed by atoms with Gasteiger partial charge in [0.05, 0.1) is 5.02 Å². The second kappa shape index (κ2) is 7.84. The van der Waals surface area contributed by atoms with Gasteiger partial charge in [-0.3, -0.25) is 9.69 Å². The van der Waals surface area contributed by atoms with Gasteiger partial charge in [0, 0.05) is 48.9 Å². The first-order chi connectivity index (χ1) is 13.0. The molecule has 1 saturated heterocycles. The molecule has 0 radical (unpaired) electrons. The minimum atomic E-state index is -0.617. The fourth-order valence-electron chi connectivity index (χ4n) is 4.27. The molecule has 1 aromatic carbocycles. The Morgan fingerprint density at radius 1 is 1.19 bits per heavy atom. The fraction of sp³-hybridized carbons (Fsp3) is 0.450. The Hall–Kier alpha value is -1.53. The van der Waals surface area contributed by atoms with E-state index < -0.39 is 6.10 Å². The third-order valence-corrected chi connectivity index (χ3v) is 5.88. The van der Waals surface area contributed by atoms with E-state index in [1.54, 1.807) is 24.3 Å². The number of hydrogen-bond acceptors (Lipinski definition) is 4. The van der Waals surface area contributed by atoms with Crippen molar-refractivity contribution in [3.63, 3.8) is 0 Å². The second-order valence-electron chi connectivity index (χ2n) is 7.46. The van der Waals surface area contributed by atoms with Crippen LogP contribution in [0.25, 0.3) is 0 Å². The van der Waals surface area contributed by atoms with Crippen LogP contribution >= 0.6 is 23.2 Å². The summed E-state index contributed by atoms with van der Waals surface area (Å²) in [6.07, 6.45) is 0.487. The van der Waals surface area contributed by atoms with Gasteiger partial charge in [-0.25, -0.2) is 0 Å². The third kappa shape index (κ3) is 4.16. The summed E-state index contributed by atoms with van der Waals surface area (Å²) in [5, 5.41) is 11.4. The molecule has 3 heterocycles. The standard InChI is InChI=1S/C20H22Cl2N2O3/c21-15-4-5-19(17(22)7-15)27-12-16(25)11-23-8-13-6-14(10-23)18-2-1-3-20(26)24(18)9-13/h1-5,7,13-14,16,25H,6,8-12H2/t13-,14?,16?/m1/s1. The zero-order chi connectivity index (χ0) is 19.0. The molecule has 3 atom stereocenters. The van der Waals surface area contributed by atoms with E-state index in [-0.39, 0.29) is 12.2 Å². The molecule has 4 rings (SSSR count). The zero-order valence-corrected chi connectivity index (χ0v) is 16.4. The van der Waals surface area contributed by atoms with Crippen LogP contribution in [-0.2, 0) is 6.54 Å². The summed E-state index contributed by atoms with van der Waals surface area (Å²) >= 11 is 12.0. The van der Waals surface area contributed by atoms with E-state index in [1.807, 2.05) is 16.7 Å². The molecule has 0 aliphatic carbocycles. The van der Waals surface area contributed by atoms with Crippen molar-refractivity contribution in [2.75, 3.05) is 26.2 Å². The number of hydrogen-bond donors (Lipinski definition) is 1. The third-order valence-electron chi connectivity index (χ3n) is 5.35. The summed E-state index contributed by atoms with van der Waals surface area (Å²) in [6.45, 7) is 3.20. The molecular formula is C20H22Cl2N2O3. The summed E-state index contributed by atoms with van der Waals surface area (Å²) in [5.41, 5.74) is 1.20. The molecule has 144 valence electrons. The minimum Gasteiger partial charge on any atom is -0.489 e. The van der Waals surface area contributed by atoms with E-state index in [9.17, 15) is 9.90 Å². The van der Waals surface area contributed by atoms with Crippen molar-refractivity contribution >= 4 is 23.2 Å². The molecule has 2 aromatic rings. The molecule has 0 saturated carbocycles. The maximum atomic E-state index is 12.1. The second-order valence-corrected chi connectivity index (χ2v) is 8.30. The number of aliphatic hydroxyl groups is 1. The largest absolute Gasteiger partial charge is 0.489 e. The number of rotatable bonds is 5. The van der Waals surface area contributed by atoms with Crippen LogP contribution in [0.1, 0.15) is 18.0 Å². The molecule has 1 aromatic heterocycles. The van der Waals surface area contributed by atoms with Crippen molar-refractivity contribution in [3.05, 3.63) is 62.5 Å². The summed E-state index contributed by atoms with van der Waals surface area (Å²) in [5.74, 6) is 1.30. The number of fused-ring (bicyclic) bond motifs is 4. The smallest absolute Gasteiger partial charge is 0.250 e. The number of likely N-dealkylation sites (tertiary alicyclic amines) is 1. The predicted molar refractivity (Wildman–Crippen MR) is 106 cm³/mol. The van der Waals surface area contributed by atoms with Gasteiger partial charge in [0.2, 0.25) is 0 Å². The van der Waals surface area contributed by atoms with Gasteiger partial charge in [-0.2, -0.15) is 0 Å². The fourth-order valence-corrected chi connectivity index (χ4v) is 4.74. The first kappa shape index (κ1) is 18.8. The molecule has 2 unspecified atom stereocenters. The topological polar surface area (TPSA) is 54.7 Å². The van der Waals surface area contributed by atoms with E-state index in [0.717, 1.165) is 31.7 Å². The lowest BCUT2D eigenvalue weighted by Crippen LogP contribution is -2.49. The number of nitrogens with zero attached hydrogens (tertiary/aromatic N) is 2. The summed E-state index contributed by atoms with van der Waals surface area (Å²) < 4.78 is 7.56. The predicted octanol–water partition coefficient (Wildman–Crippen LogP) is 3.01. The van der Waals surface area contributed by atoms with Gasteiger partial charge in [-0.1, -0.05) is 29.3 Å². The number of halogens is 2. The Morgan fingerprint density at radius 2 is 2.04 bits per heavy atom. The van der Waals surface area contributed by atoms with Gasteiger partial charge in [0.1, 0.15) is 18.5 Å². The van der Waals surface area contributed by atoms with Crippen molar-refractivity contribution in [2.45, 2.75) is 25.0 Å². The van der Waals surface area contributed by atoms with Gasteiger partial charge in [0.25, 0.3) is 5.56 Å². The van der Waals surface area contributed by atoms with Crippen LogP contribution in [0.15, 0.2) is 41.2 Å². The van der Waals surface area contributed by atoms with Crippen LogP contribution in [0.3, 0.4) is 0 Å². The highest BCUT2D eigenvalue weighted by molar-refractivity contribution is 6.35. The highest BCUT2D eigenvalue weighted by Crippen LogP contribution is 2.35. The molecule has 1 N–H and O–H groups in total. The highest BCUT2D eigenvalue weighted by atomic mass is 35.5. The van der Waals surface area contributed by atoms with E-state index >= 15 is 0 Å². The van der Waals surface area contributed by atoms with Crippen LogP contribution in [-0.4, -0.2) is 46.9 Å². The zero-order valence-electron chi connectivity index (χ0n) is 14.9. The van der Waals surface area contributed by atoms with Crippen molar-refractivity contribution in [1.29, 1.82) is 0 Å². The molecule has 27 heavy (non-hydrogen) atoms. The lowest BCUT2D eigenvalue weighted by atomic mass is 9.83. The molecule has 5 nitrogen and oxygen atoms in total. The lowest BCUT2D eigenvalue weighted by molar-refractivity contribution is 0.0384. The number of piperidine rings is 1. The average Bonchev–Trinajstić information content (AvgIpc) is 2.62.